The number of rotatable bonds is 2. The van der Waals surface area contributed by atoms with Gasteiger partial charge in [0.05, 0.1) is 12.1 Å². The Kier molecular flexibility index (Phi) is 4.27. The molecule has 128 valence electrons. The van der Waals surface area contributed by atoms with Crippen LogP contribution in [0.5, 0.6) is 0 Å². The Morgan fingerprint density at radius 1 is 0.727 bits per heavy atom. The number of hydrogen-bond donors (Lipinski definition) is 4. The number of hydrogen-bond acceptors (Lipinski definition) is 5. The molecule has 0 radical (unpaired) electrons. The first-order valence-corrected chi connectivity index (χ1v) is 8.35. The highest BCUT2D eigenvalue weighted by Crippen LogP contribution is 2.26. The van der Waals surface area contributed by atoms with Crippen LogP contribution in [-0.4, -0.2) is 53.1 Å². The van der Waals surface area contributed by atoms with E-state index in [2.05, 4.69) is 76.7 Å². The van der Waals surface area contributed by atoms with Gasteiger partial charge in [-0.3, -0.25) is 4.79 Å². The average molecular weight is 310 g/mol. The number of nitrogens with one attached hydrogen (secondary N) is 4. The molecule has 5 heteroatoms. The van der Waals surface area contributed by atoms with Crippen molar-refractivity contribution in [2.45, 2.75) is 89.6 Å². The largest absolute Gasteiger partial charge is 0.304 e. The van der Waals surface area contributed by atoms with E-state index in [1.807, 2.05) is 0 Å². The van der Waals surface area contributed by atoms with Crippen molar-refractivity contribution in [1.82, 2.24) is 21.3 Å². The van der Waals surface area contributed by atoms with Gasteiger partial charge in [0, 0.05) is 35.2 Å². The van der Waals surface area contributed by atoms with Gasteiger partial charge in [-0.1, -0.05) is 0 Å². The summed E-state index contributed by atoms with van der Waals surface area (Å²) in [5, 5.41) is 14.2. The zero-order valence-corrected chi connectivity index (χ0v) is 15.5. The van der Waals surface area contributed by atoms with Crippen molar-refractivity contribution in [3.63, 3.8) is 0 Å². The summed E-state index contributed by atoms with van der Waals surface area (Å²) in [4.78, 5) is 13.2. The monoisotopic (exact) mass is 310 g/mol. The smallest absolute Gasteiger partial charge is 0.170 e. The molecule has 0 bridgehead atoms. The fraction of sp³-hybridized carbons (Fsp3) is 0.941. The molecular weight excluding hydrogens is 276 g/mol. The zero-order valence-electron chi connectivity index (χ0n) is 15.5. The van der Waals surface area contributed by atoms with Crippen molar-refractivity contribution in [3.05, 3.63) is 0 Å². The third-order valence-corrected chi connectivity index (χ3v) is 4.83. The van der Waals surface area contributed by atoms with Crippen molar-refractivity contribution >= 4 is 5.78 Å². The fourth-order valence-corrected chi connectivity index (χ4v) is 4.28. The highest BCUT2D eigenvalue weighted by molar-refractivity contribution is 5.92. The van der Waals surface area contributed by atoms with Gasteiger partial charge >= 0.3 is 0 Å². The topological polar surface area (TPSA) is 65.2 Å². The van der Waals surface area contributed by atoms with Crippen molar-refractivity contribution in [2.75, 3.05) is 13.1 Å². The Labute approximate surface area is 135 Å². The van der Waals surface area contributed by atoms with Crippen LogP contribution in [0.15, 0.2) is 0 Å². The van der Waals surface area contributed by atoms with E-state index in [0.29, 0.717) is 0 Å². The molecule has 22 heavy (non-hydrogen) atoms. The second-order valence-electron chi connectivity index (χ2n) is 9.49. The van der Waals surface area contributed by atoms with Crippen LogP contribution in [0.25, 0.3) is 0 Å². The molecule has 0 saturated carbocycles. The molecule has 0 aromatic heterocycles. The molecule has 2 atom stereocenters. The van der Waals surface area contributed by atoms with Gasteiger partial charge < -0.3 is 21.3 Å². The summed E-state index contributed by atoms with van der Waals surface area (Å²) in [5.41, 5.74) is -0.556. The lowest BCUT2D eigenvalue weighted by Gasteiger charge is -2.52. The Hall–Kier alpha value is -0.490. The predicted molar refractivity (Wildman–Crippen MR) is 91.2 cm³/mol. The molecule has 4 N–H and O–H groups in total. The van der Waals surface area contributed by atoms with E-state index in [9.17, 15) is 4.79 Å². The maximum Gasteiger partial charge on any atom is 0.170 e. The second kappa shape index (κ2) is 5.26. The molecule has 2 saturated heterocycles. The highest BCUT2D eigenvalue weighted by Gasteiger charge is 2.50. The van der Waals surface area contributed by atoms with Crippen LogP contribution in [-0.2, 0) is 4.79 Å². The number of ketones is 1. The van der Waals surface area contributed by atoms with Crippen LogP contribution < -0.4 is 21.3 Å². The Balaban J connectivity index is 2.18. The molecule has 0 aromatic rings. The van der Waals surface area contributed by atoms with Crippen LogP contribution in [0.4, 0.5) is 0 Å². The summed E-state index contributed by atoms with van der Waals surface area (Å²) >= 11 is 0. The molecule has 5 nitrogen and oxygen atoms in total. The first-order valence-electron chi connectivity index (χ1n) is 8.35. The predicted octanol–water partition coefficient (Wildman–Crippen LogP) is 0.793. The first-order chi connectivity index (χ1) is 9.76. The van der Waals surface area contributed by atoms with Gasteiger partial charge in [-0.25, -0.2) is 0 Å². The van der Waals surface area contributed by atoms with E-state index < -0.39 is 0 Å². The van der Waals surface area contributed by atoms with E-state index >= 15 is 0 Å². The average Bonchev–Trinajstić information content (AvgIpc) is 2.22. The van der Waals surface area contributed by atoms with Gasteiger partial charge in [0.1, 0.15) is 0 Å². The minimum atomic E-state index is -0.274. The standard InChI is InChI=1S/C17H34N4O/c1-14(2)9-18-12(16(5,6)20-14)11(22)13-17(7,8)21-15(3,4)10-19-13/h12-13,18-21H,9-10H2,1-8H3. The molecule has 0 spiro atoms. The Bertz CT molecular complexity index is 414. The summed E-state index contributed by atoms with van der Waals surface area (Å²) < 4.78 is 0. The Morgan fingerprint density at radius 3 is 1.32 bits per heavy atom. The van der Waals surface area contributed by atoms with Crippen molar-refractivity contribution in [1.29, 1.82) is 0 Å². The van der Waals surface area contributed by atoms with E-state index in [0.717, 1.165) is 13.1 Å². The number of piperazine rings is 2. The number of carbonyl (C=O) groups excluding carboxylic acids is 1. The lowest BCUT2D eigenvalue weighted by atomic mass is 9.76. The number of carbonyl (C=O) groups is 1. The third-order valence-electron chi connectivity index (χ3n) is 4.83. The normalized spacial score (nSPS) is 35.8. The molecule has 2 rings (SSSR count). The van der Waals surface area contributed by atoms with Crippen molar-refractivity contribution in [2.24, 2.45) is 0 Å². The maximum absolute atomic E-state index is 13.2. The van der Waals surface area contributed by atoms with Crippen LogP contribution in [0.1, 0.15) is 55.4 Å². The van der Waals surface area contributed by atoms with Gasteiger partial charge in [-0.05, 0) is 55.4 Å². The van der Waals surface area contributed by atoms with E-state index in [1.165, 1.54) is 0 Å². The lowest BCUT2D eigenvalue weighted by Crippen LogP contribution is -2.78. The van der Waals surface area contributed by atoms with Crippen LogP contribution in [0, 0.1) is 0 Å². The van der Waals surface area contributed by atoms with E-state index in [1.54, 1.807) is 0 Å². The molecule has 2 aliphatic heterocycles. The van der Waals surface area contributed by atoms with E-state index in [-0.39, 0.29) is 40.0 Å². The molecule has 2 unspecified atom stereocenters. The molecule has 0 amide bonds. The highest BCUT2D eigenvalue weighted by atomic mass is 16.1. The quantitative estimate of drug-likeness (QED) is 0.607. The minimum Gasteiger partial charge on any atom is -0.304 e. The molecule has 0 aliphatic carbocycles. The summed E-state index contributed by atoms with van der Waals surface area (Å²) in [6, 6.07) is -0.388. The minimum absolute atomic E-state index is 0.00394. The van der Waals surface area contributed by atoms with Crippen LogP contribution >= 0.6 is 0 Å². The van der Waals surface area contributed by atoms with Crippen molar-refractivity contribution < 1.29 is 4.79 Å². The Morgan fingerprint density at radius 2 is 1.05 bits per heavy atom. The van der Waals surface area contributed by atoms with Gasteiger partial charge in [0.25, 0.3) is 0 Å². The second-order valence-corrected chi connectivity index (χ2v) is 9.49. The molecule has 0 aromatic carbocycles. The molecular formula is C17H34N4O. The first kappa shape index (κ1) is 17.9. The maximum atomic E-state index is 13.2. The van der Waals surface area contributed by atoms with E-state index in [4.69, 9.17) is 0 Å². The summed E-state index contributed by atoms with van der Waals surface area (Å²) in [7, 11) is 0. The summed E-state index contributed by atoms with van der Waals surface area (Å²) in [5.74, 6) is 0.237. The van der Waals surface area contributed by atoms with Gasteiger partial charge in [-0.15, -0.1) is 0 Å². The van der Waals surface area contributed by atoms with Crippen LogP contribution in [0.3, 0.4) is 0 Å². The fourth-order valence-electron chi connectivity index (χ4n) is 4.28. The molecule has 2 aliphatic rings. The SMILES string of the molecule is CC1(C)CNC(C(=O)C2NCC(C)(C)NC2(C)C)C(C)(C)N1. The van der Waals surface area contributed by atoms with Gasteiger partial charge in [0.2, 0.25) is 0 Å². The summed E-state index contributed by atoms with van der Waals surface area (Å²) in [6.45, 7) is 18.7. The van der Waals surface area contributed by atoms with Crippen molar-refractivity contribution in [3.8, 4) is 0 Å². The molecule has 2 heterocycles. The van der Waals surface area contributed by atoms with Gasteiger partial charge in [0.15, 0.2) is 5.78 Å². The lowest BCUT2D eigenvalue weighted by molar-refractivity contribution is -0.129. The van der Waals surface area contributed by atoms with Gasteiger partial charge in [-0.2, -0.15) is 0 Å². The summed E-state index contributed by atoms with van der Waals surface area (Å²) in [6.07, 6.45) is 0. The molecule has 2 fully saturated rings. The number of Topliss-reactive ketones (excluding diaryl/α,β-unsaturated/α-hetero) is 1. The zero-order chi connectivity index (χ0) is 17.0. The van der Waals surface area contributed by atoms with Crippen LogP contribution in [0.2, 0.25) is 0 Å². The third kappa shape index (κ3) is 3.53.